The van der Waals surface area contributed by atoms with Gasteiger partial charge < -0.3 is 4.74 Å². The van der Waals surface area contributed by atoms with Crippen LogP contribution in [0.25, 0.3) is 10.2 Å². The van der Waals surface area contributed by atoms with Crippen molar-refractivity contribution in [3.05, 3.63) is 88.4 Å². The van der Waals surface area contributed by atoms with Gasteiger partial charge in [0.1, 0.15) is 5.75 Å². The van der Waals surface area contributed by atoms with E-state index in [9.17, 15) is 4.79 Å². The van der Waals surface area contributed by atoms with E-state index in [-0.39, 0.29) is 12.5 Å². The Bertz CT molecular complexity index is 1220. The van der Waals surface area contributed by atoms with Gasteiger partial charge >= 0.3 is 0 Å². The fraction of sp³-hybridized carbons (Fsp3) is 0.231. The van der Waals surface area contributed by atoms with Crippen LogP contribution in [0.4, 0.5) is 5.13 Å². The molecule has 3 aromatic carbocycles. The van der Waals surface area contributed by atoms with Crippen molar-refractivity contribution in [1.29, 1.82) is 0 Å². The largest absolute Gasteiger partial charge is 0.484 e. The molecular weight excluding hydrogens is 440 g/mol. The molecule has 0 aliphatic heterocycles. The van der Waals surface area contributed by atoms with Crippen LogP contribution in [0, 0.1) is 6.92 Å². The molecule has 4 aromatic rings. The Kier molecular flexibility index (Phi) is 6.77. The van der Waals surface area contributed by atoms with Crippen LogP contribution in [0.3, 0.4) is 0 Å². The number of amides is 1. The molecular formula is C26H25ClN2O2S. The fourth-order valence-electron chi connectivity index (χ4n) is 3.40. The van der Waals surface area contributed by atoms with Gasteiger partial charge in [0.2, 0.25) is 0 Å². The third-order valence-electron chi connectivity index (χ3n) is 5.36. The molecule has 1 amide bonds. The second-order valence-electron chi connectivity index (χ2n) is 7.99. The average molecular weight is 465 g/mol. The van der Waals surface area contributed by atoms with Crippen molar-refractivity contribution in [2.75, 3.05) is 11.5 Å². The first-order valence-electron chi connectivity index (χ1n) is 10.5. The van der Waals surface area contributed by atoms with E-state index in [1.54, 1.807) is 4.90 Å². The molecule has 0 aliphatic rings. The summed E-state index contributed by atoms with van der Waals surface area (Å²) in [6, 6.07) is 21.6. The molecule has 0 bridgehead atoms. The smallest absolute Gasteiger partial charge is 0.267 e. The summed E-state index contributed by atoms with van der Waals surface area (Å²) in [6.45, 7) is 6.59. The first-order chi connectivity index (χ1) is 15.4. The van der Waals surface area contributed by atoms with Gasteiger partial charge in [-0.05, 0) is 53.8 Å². The third kappa shape index (κ3) is 4.95. The highest BCUT2D eigenvalue weighted by molar-refractivity contribution is 7.22. The molecule has 0 unspecified atom stereocenters. The van der Waals surface area contributed by atoms with Crippen molar-refractivity contribution in [3.63, 3.8) is 0 Å². The molecule has 164 valence electrons. The highest BCUT2D eigenvalue weighted by atomic mass is 35.5. The van der Waals surface area contributed by atoms with Gasteiger partial charge in [-0.2, -0.15) is 0 Å². The molecule has 0 saturated heterocycles. The van der Waals surface area contributed by atoms with Crippen molar-refractivity contribution in [1.82, 2.24) is 4.98 Å². The van der Waals surface area contributed by atoms with Crippen LogP contribution in [0.2, 0.25) is 5.02 Å². The lowest BCUT2D eigenvalue weighted by Crippen LogP contribution is -2.34. The van der Waals surface area contributed by atoms with Crippen LogP contribution in [0.5, 0.6) is 5.75 Å². The average Bonchev–Trinajstić information content (AvgIpc) is 3.24. The summed E-state index contributed by atoms with van der Waals surface area (Å²) < 4.78 is 6.82. The van der Waals surface area contributed by atoms with Crippen LogP contribution in [0.15, 0.2) is 66.7 Å². The van der Waals surface area contributed by atoms with E-state index in [0.29, 0.717) is 28.4 Å². The summed E-state index contributed by atoms with van der Waals surface area (Å²) in [7, 11) is 0. The van der Waals surface area contributed by atoms with Gasteiger partial charge in [0.05, 0.1) is 16.8 Å². The first kappa shape index (κ1) is 22.3. The van der Waals surface area contributed by atoms with Crippen LogP contribution in [-0.4, -0.2) is 17.5 Å². The molecule has 32 heavy (non-hydrogen) atoms. The van der Waals surface area contributed by atoms with Gasteiger partial charge in [-0.15, -0.1) is 0 Å². The van der Waals surface area contributed by atoms with E-state index in [2.05, 4.69) is 13.8 Å². The summed E-state index contributed by atoms with van der Waals surface area (Å²) in [6.07, 6.45) is 0. The Balaban J connectivity index is 1.59. The van der Waals surface area contributed by atoms with Crippen molar-refractivity contribution in [2.24, 2.45) is 0 Å². The molecule has 0 N–H and O–H groups in total. The number of anilines is 1. The first-order valence-corrected chi connectivity index (χ1v) is 11.7. The number of thiazole rings is 1. The topological polar surface area (TPSA) is 42.4 Å². The number of aromatic nitrogens is 1. The molecule has 0 fully saturated rings. The number of nitrogens with zero attached hydrogens (tertiary/aromatic N) is 2. The standard InChI is InChI=1S/C26H25ClN2O2S/c1-17(2)20-9-11-21(12-10-20)31-16-24(30)29(15-19-7-5-4-6-8-19)26-28-25-18(3)22(27)13-14-23(25)32-26/h4-14,17H,15-16H2,1-3H3. The van der Waals surface area contributed by atoms with Crippen LogP contribution < -0.4 is 9.64 Å². The van der Waals surface area contributed by atoms with Gasteiger partial charge in [0.15, 0.2) is 11.7 Å². The Hall–Kier alpha value is -2.89. The van der Waals surface area contributed by atoms with Crippen molar-refractivity contribution in [3.8, 4) is 5.75 Å². The Morgan fingerprint density at radius 1 is 1.06 bits per heavy atom. The maximum absolute atomic E-state index is 13.3. The van der Waals surface area contributed by atoms with Gasteiger partial charge in [0, 0.05) is 5.02 Å². The predicted octanol–water partition coefficient (Wildman–Crippen LogP) is 6.99. The number of ether oxygens (including phenoxy) is 1. The number of hydrogen-bond donors (Lipinski definition) is 0. The minimum Gasteiger partial charge on any atom is -0.484 e. The van der Waals surface area contributed by atoms with Crippen LogP contribution in [0.1, 0.15) is 36.5 Å². The molecule has 0 atom stereocenters. The number of aryl methyl sites for hydroxylation is 1. The second-order valence-corrected chi connectivity index (χ2v) is 9.41. The molecule has 0 radical (unpaired) electrons. The maximum Gasteiger partial charge on any atom is 0.267 e. The SMILES string of the molecule is Cc1c(Cl)ccc2sc(N(Cc3ccccc3)C(=O)COc3ccc(C(C)C)cc3)nc12. The number of carbonyl (C=O) groups is 1. The predicted molar refractivity (Wildman–Crippen MR) is 133 cm³/mol. The summed E-state index contributed by atoms with van der Waals surface area (Å²) in [4.78, 5) is 19.7. The zero-order valence-corrected chi connectivity index (χ0v) is 19.9. The monoisotopic (exact) mass is 464 g/mol. The van der Waals surface area contributed by atoms with E-state index in [0.717, 1.165) is 21.3 Å². The molecule has 4 rings (SSSR count). The van der Waals surface area contributed by atoms with Gasteiger partial charge in [0.25, 0.3) is 5.91 Å². The van der Waals surface area contributed by atoms with E-state index in [4.69, 9.17) is 21.3 Å². The molecule has 0 spiro atoms. The quantitative estimate of drug-likeness (QED) is 0.296. The Labute approximate surface area is 197 Å². The summed E-state index contributed by atoms with van der Waals surface area (Å²) in [5, 5.41) is 1.31. The molecule has 1 heterocycles. The number of hydrogen-bond acceptors (Lipinski definition) is 4. The van der Waals surface area contributed by atoms with Gasteiger partial charge in [-0.25, -0.2) is 4.98 Å². The summed E-state index contributed by atoms with van der Waals surface area (Å²) >= 11 is 7.76. The minimum absolute atomic E-state index is 0.0660. The van der Waals surface area contributed by atoms with Crippen molar-refractivity contribution < 1.29 is 9.53 Å². The van der Waals surface area contributed by atoms with E-state index in [1.807, 2.05) is 73.7 Å². The lowest BCUT2D eigenvalue weighted by atomic mass is 10.0. The van der Waals surface area contributed by atoms with Gasteiger partial charge in [-0.1, -0.05) is 79.2 Å². The third-order valence-corrected chi connectivity index (χ3v) is 6.81. The Morgan fingerprint density at radius 2 is 1.78 bits per heavy atom. The number of halogens is 1. The Morgan fingerprint density at radius 3 is 2.47 bits per heavy atom. The molecule has 4 nitrogen and oxygen atoms in total. The molecule has 1 aromatic heterocycles. The fourth-order valence-corrected chi connectivity index (χ4v) is 4.60. The van der Waals surface area contributed by atoms with Crippen LogP contribution >= 0.6 is 22.9 Å². The number of carbonyl (C=O) groups excluding carboxylic acids is 1. The van der Waals surface area contributed by atoms with E-state index in [1.165, 1.54) is 16.9 Å². The molecule has 6 heteroatoms. The zero-order chi connectivity index (χ0) is 22.7. The minimum atomic E-state index is -0.149. The molecule has 0 aliphatic carbocycles. The van der Waals surface area contributed by atoms with E-state index >= 15 is 0 Å². The maximum atomic E-state index is 13.3. The van der Waals surface area contributed by atoms with Crippen LogP contribution in [-0.2, 0) is 11.3 Å². The number of benzene rings is 3. The highest BCUT2D eigenvalue weighted by Gasteiger charge is 2.22. The second kappa shape index (κ2) is 9.72. The normalized spacial score (nSPS) is 11.2. The summed E-state index contributed by atoms with van der Waals surface area (Å²) in [5.74, 6) is 0.974. The zero-order valence-electron chi connectivity index (χ0n) is 18.3. The lowest BCUT2D eigenvalue weighted by Gasteiger charge is -2.20. The van der Waals surface area contributed by atoms with Crippen molar-refractivity contribution >= 4 is 44.2 Å². The number of rotatable bonds is 7. The van der Waals surface area contributed by atoms with Gasteiger partial charge in [-0.3, -0.25) is 9.69 Å². The molecule has 0 saturated carbocycles. The lowest BCUT2D eigenvalue weighted by molar-refractivity contribution is -0.120. The highest BCUT2D eigenvalue weighted by Crippen LogP contribution is 2.34. The number of fused-ring (bicyclic) bond motifs is 1. The van der Waals surface area contributed by atoms with E-state index < -0.39 is 0 Å². The van der Waals surface area contributed by atoms with Crippen molar-refractivity contribution in [2.45, 2.75) is 33.2 Å². The summed E-state index contributed by atoms with van der Waals surface area (Å²) in [5.41, 5.74) is 4.00.